The summed E-state index contributed by atoms with van der Waals surface area (Å²) < 4.78 is 5.40. The van der Waals surface area contributed by atoms with Gasteiger partial charge >= 0.3 is 6.09 Å². The van der Waals surface area contributed by atoms with E-state index in [1.54, 1.807) is 20.8 Å². The van der Waals surface area contributed by atoms with E-state index in [4.69, 9.17) is 4.74 Å². The van der Waals surface area contributed by atoms with E-state index < -0.39 is 23.8 Å². The molecule has 0 radical (unpaired) electrons. The quantitative estimate of drug-likeness (QED) is 0.930. The van der Waals surface area contributed by atoms with Gasteiger partial charge < -0.3 is 9.84 Å². The molecule has 1 aromatic carbocycles. The zero-order valence-corrected chi connectivity index (χ0v) is 14.0. The lowest BCUT2D eigenvalue weighted by Gasteiger charge is -2.36. The number of aliphatic hydroxyl groups excluding tert-OH is 1. The van der Waals surface area contributed by atoms with Gasteiger partial charge in [-0.3, -0.25) is 9.69 Å². The van der Waals surface area contributed by atoms with E-state index in [-0.39, 0.29) is 12.2 Å². The van der Waals surface area contributed by atoms with Gasteiger partial charge in [0.1, 0.15) is 5.60 Å². The average molecular weight is 319 g/mol. The minimum Gasteiger partial charge on any atom is -0.444 e. The van der Waals surface area contributed by atoms with Crippen LogP contribution in [0.2, 0.25) is 0 Å². The summed E-state index contributed by atoms with van der Waals surface area (Å²) in [6.07, 6.45) is -0.00664. The molecule has 0 aliphatic carbocycles. The van der Waals surface area contributed by atoms with Gasteiger partial charge in [0.2, 0.25) is 0 Å². The summed E-state index contributed by atoms with van der Waals surface area (Å²) in [5, 5.41) is 10.4. The Morgan fingerprint density at radius 3 is 2.61 bits per heavy atom. The first kappa shape index (κ1) is 17.5. The SMILES string of the molecule is CC(C)(C)OC(=O)N1CCCC(=O)C1CC(O)c1ccccc1. The molecule has 1 heterocycles. The number of nitrogens with zero attached hydrogens (tertiary/aromatic N) is 1. The number of piperidine rings is 1. The molecule has 1 amide bonds. The van der Waals surface area contributed by atoms with Crippen molar-refractivity contribution >= 4 is 11.9 Å². The number of ether oxygens (including phenoxy) is 1. The fourth-order valence-electron chi connectivity index (χ4n) is 2.74. The molecule has 1 aliphatic rings. The maximum Gasteiger partial charge on any atom is 0.410 e. The number of hydrogen-bond donors (Lipinski definition) is 1. The number of carbonyl (C=O) groups excluding carboxylic acids is 2. The van der Waals surface area contributed by atoms with E-state index in [0.29, 0.717) is 19.4 Å². The van der Waals surface area contributed by atoms with Crippen LogP contribution in [0.25, 0.3) is 0 Å². The number of likely N-dealkylation sites (tertiary alicyclic amines) is 1. The molecule has 1 aliphatic heterocycles. The van der Waals surface area contributed by atoms with E-state index in [0.717, 1.165) is 5.56 Å². The maximum absolute atomic E-state index is 12.4. The molecule has 5 nitrogen and oxygen atoms in total. The standard InChI is InChI=1S/C18H25NO4/c1-18(2,3)23-17(22)19-11-7-10-15(20)14(19)12-16(21)13-8-5-4-6-9-13/h4-6,8-9,14,16,21H,7,10-12H2,1-3H3. The predicted octanol–water partition coefficient (Wildman–Crippen LogP) is 3.08. The van der Waals surface area contributed by atoms with Crippen LogP contribution in [0.5, 0.6) is 0 Å². The molecule has 126 valence electrons. The first-order chi connectivity index (χ1) is 10.8. The number of Topliss-reactive ketones (excluding diaryl/α,β-unsaturated/α-hetero) is 1. The second kappa shape index (κ2) is 7.13. The molecular weight excluding hydrogens is 294 g/mol. The third kappa shape index (κ3) is 4.79. The number of rotatable bonds is 3. The molecule has 0 saturated carbocycles. The number of carbonyl (C=O) groups is 2. The zero-order valence-electron chi connectivity index (χ0n) is 14.0. The van der Waals surface area contributed by atoms with Crippen molar-refractivity contribution in [1.82, 2.24) is 4.90 Å². The Kier molecular flexibility index (Phi) is 5.42. The predicted molar refractivity (Wildman–Crippen MR) is 87.0 cm³/mol. The van der Waals surface area contributed by atoms with Gasteiger partial charge in [-0.15, -0.1) is 0 Å². The number of amides is 1. The lowest BCUT2D eigenvalue weighted by Crippen LogP contribution is -2.51. The highest BCUT2D eigenvalue weighted by Crippen LogP contribution is 2.26. The van der Waals surface area contributed by atoms with Crippen molar-refractivity contribution in [3.05, 3.63) is 35.9 Å². The largest absolute Gasteiger partial charge is 0.444 e. The lowest BCUT2D eigenvalue weighted by molar-refractivity contribution is -0.128. The van der Waals surface area contributed by atoms with Gasteiger partial charge in [-0.2, -0.15) is 0 Å². The Morgan fingerprint density at radius 1 is 1.35 bits per heavy atom. The van der Waals surface area contributed by atoms with E-state index in [9.17, 15) is 14.7 Å². The van der Waals surface area contributed by atoms with Crippen molar-refractivity contribution in [2.45, 2.75) is 57.8 Å². The van der Waals surface area contributed by atoms with Gasteiger partial charge in [-0.1, -0.05) is 30.3 Å². The highest BCUT2D eigenvalue weighted by molar-refractivity contribution is 5.88. The van der Waals surface area contributed by atoms with Crippen LogP contribution in [0, 0.1) is 0 Å². The third-order valence-corrected chi connectivity index (χ3v) is 3.83. The van der Waals surface area contributed by atoms with Crippen molar-refractivity contribution in [1.29, 1.82) is 0 Å². The van der Waals surface area contributed by atoms with Gasteiger partial charge in [0.25, 0.3) is 0 Å². The molecule has 2 rings (SSSR count). The second-order valence-electron chi connectivity index (χ2n) is 6.92. The van der Waals surface area contributed by atoms with Crippen LogP contribution >= 0.6 is 0 Å². The second-order valence-corrected chi connectivity index (χ2v) is 6.92. The number of benzene rings is 1. The highest BCUT2D eigenvalue weighted by Gasteiger charge is 2.36. The molecule has 23 heavy (non-hydrogen) atoms. The maximum atomic E-state index is 12.4. The van der Waals surface area contributed by atoms with Crippen LogP contribution in [-0.4, -0.2) is 40.1 Å². The summed E-state index contributed by atoms with van der Waals surface area (Å²) in [7, 11) is 0. The molecule has 1 N–H and O–H groups in total. The Balaban J connectivity index is 2.11. The molecule has 0 aromatic heterocycles. The van der Waals surface area contributed by atoms with E-state index in [1.807, 2.05) is 30.3 Å². The molecule has 2 unspecified atom stereocenters. The van der Waals surface area contributed by atoms with Crippen LogP contribution in [0.15, 0.2) is 30.3 Å². The molecule has 1 fully saturated rings. The summed E-state index contributed by atoms with van der Waals surface area (Å²) in [4.78, 5) is 26.1. The van der Waals surface area contributed by atoms with Gasteiger partial charge in [0.15, 0.2) is 5.78 Å². The number of aliphatic hydroxyl groups is 1. The summed E-state index contributed by atoms with van der Waals surface area (Å²) in [5.41, 5.74) is 0.134. The van der Waals surface area contributed by atoms with E-state index in [2.05, 4.69) is 0 Å². The molecule has 5 heteroatoms. The van der Waals surface area contributed by atoms with Gasteiger partial charge in [0, 0.05) is 19.4 Å². The number of hydrogen-bond acceptors (Lipinski definition) is 4. The van der Waals surface area contributed by atoms with E-state index >= 15 is 0 Å². The Labute approximate surface area is 137 Å². The molecule has 1 saturated heterocycles. The third-order valence-electron chi connectivity index (χ3n) is 3.83. The summed E-state index contributed by atoms with van der Waals surface area (Å²) >= 11 is 0. The Morgan fingerprint density at radius 2 is 2.00 bits per heavy atom. The van der Waals surface area contributed by atoms with Crippen molar-refractivity contribution in [3.63, 3.8) is 0 Å². The Bertz CT molecular complexity index is 550. The molecule has 0 bridgehead atoms. The fourth-order valence-corrected chi connectivity index (χ4v) is 2.74. The topological polar surface area (TPSA) is 66.8 Å². The van der Waals surface area contributed by atoms with Gasteiger partial charge in [0.05, 0.1) is 12.1 Å². The van der Waals surface area contributed by atoms with Crippen LogP contribution in [0.4, 0.5) is 4.79 Å². The van der Waals surface area contributed by atoms with Crippen molar-refractivity contribution in [2.75, 3.05) is 6.54 Å². The molecule has 1 aromatic rings. The molecular formula is C18H25NO4. The van der Waals surface area contributed by atoms with Crippen molar-refractivity contribution in [3.8, 4) is 0 Å². The summed E-state index contributed by atoms with van der Waals surface area (Å²) in [5.74, 6) is -0.0166. The van der Waals surface area contributed by atoms with Crippen LogP contribution in [-0.2, 0) is 9.53 Å². The summed E-state index contributed by atoms with van der Waals surface area (Å²) in [6, 6.07) is 8.55. The Hall–Kier alpha value is -1.88. The smallest absolute Gasteiger partial charge is 0.410 e. The monoisotopic (exact) mass is 319 g/mol. The van der Waals surface area contributed by atoms with Crippen LogP contribution < -0.4 is 0 Å². The lowest BCUT2D eigenvalue weighted by atomic mass is 9.93. The zero-order chi connectivity index (χ0) is 17.0. The van der Waals surface area contributed by atoms with Crippen molar-refractivity contribution in [2.24, 2.45) is 0 Å². The van der Waals surface area contributed by atoms with Gasteiger partial charge in [-0.25, -0.2) is 4.79 Å². The minimum atomic E-state index is -0.784. The fraction of sp³-hybridized carbons (Fsp3) is 0.556. The normalized spacial score (nSPS) is 20.3. The molecule has 2 atom stereocenters. The minimum absolute atomic E-state index is 0.0166. The van der Waals surface area contributed by atoms with Crippen molar-refractivity contribution < 1.29 is 19.4 Å². The van der Waals surface area contributed by atoms with Crippen LogP contribution in [0.1, 0.15) is 51.7 Å². The summed E-state index contributed by atoms with van der Waals surface area (Å²) in [6.45, 7) is 5.87. The number of ketones is 1. The van der Waals surface area contributed by atoms with Gasteiger partial charge in [-0.05, 0) is 32.8 Å². The first-order valence-electron chi connectivity index (χ1n) is 8.03. The first-order valence-corrected chi connectivity index (χ1v) is 8.03. The average Bonchev–Trinajstić information content (AvgIpc) is 2.48. The highest BCUT2D eigenvalue weighted by atomic mass is 16.6. The molecule has 0 spiro atoms. The van der Waals surface area contributed by atoms with E-state index in [1.165, 1.54) is 4.90 Å². The van der Waals surface area contributed by atoms with Crippen LogP contribution in [0.3, 0.4) is 0 Å².